The number of H-pyrrole nitrogens is 3. The number of nitrogens with zero attached hydrogens (tertiary/aromatic N) is 3. The molecule has 28 N–H and O–H groups in total. The molecule has 0 aliphatic carbocycles. The second kappa shape index (κ2) is 46.5. The number of carboxylic acids is 2. The van der Waals surface area contributed by atoms with Crippen molar-refractivity contribution in [3.8, 4) is 0 Å². The van der Waals surface area contributed by atoms with Crippen molar-refractivity contribution in [1.82, 2.24) is 88.7 Å². The number of aliphatic imine (C=N–C) groups is 1. The molecule has 1 aliphatic heterocycles. The number of alkyl halides is 3. The number of hydrogen-bond acceptors (Lipinski definition) is 23. The van der Waals surface area contributed by atoms with Crippen LogP contribution < -0.4 is 92.5 Å². The SMILES string of the molecule is CC[C@H](C)[C@H](N)C(=O)NC1CSSC[C@@H](C(=O)N[C@@H](C(N)=O)[C@@H](C)O)NC(=O)[C@H](CCCN=C(N)N)NC(=O)C(Cc2cnc[nH]2)NC(=O)[C@H](Cc2cnc[nH]2)NC(=O)CNC(=O)[C@H](Cc2c[nH]c3ccccc23)NC(=O)[C@H](CC(=O)O)NC(=O)[C@H](CCC(N)=O)NC(=O)C(C(C)C)NC(=O)[C@H](C(C)C)NC1=O.O=C(O)C(F)(F)F. The molecule has 0 saturated carbocycles. The van der Waals surface area contributed by atoms with E-state index in [1.165, 1.54) is 45.1 Å². The topological polar surface area (TPSA) is 694 Å². The van der Waals surface area contributed by atoms with Crippen molar-refractivity contribution < 1.29 is 105 Å². The van der Waals surface area contributed by atoms with Crippen molar-refractivity contribution >= 4 is 133 Å². The van der Waals surface area contributed by atoms with Gasteiger partial charge in [0.2, 0.25) is 82.7 Å². The number of aliphatic hydroxyl groups excluding tert-OH is 1. The number of carboxylic acid groups (broad SMARTS) is 2. The Hall–Kier alpha value is -11.6. The highest BCUT2D eigenvalue weighted by Gasteiger charge is 2.41. The van der Waals surface area contributed by atoms with Crippen molar-refractivity contribution in [2.24, 2.45) is 51.4 Å². The van der Waals surface area contributed by atoms with Crippen LogP contribution >= 0.6 is 21.6 Å². The monoisotopic (exact) mass is 1660 g/mol. The molecular weight excluding hydrogens is 1560 g/mol. The summed E-state index contributed by atoms with van der Waals surface area (Å²) in [4.78, 5) is 241. The molecule has 0 bridgehead atoms. The molecule has 634 valence electrons. The molecule has 1 aliphatic rings. The molecule has 5 rings (SSSR count). The number of primary amides is 2. The molecular formula is C68H100F3N23O19S2. The number of nitrogens with two attached hydrogens (primary N) is 5. The molecule has 0 radical (unpaired) electrons. The molecule has 14 amide bonds. The number of para-hydroxylation sites is 1. The fourth-order valence-corrected chi connectivity index (χ4v) is 13.2. The summed E-state index contributed by atoms with van der Waals surface area (Å²) < 4.78 is 31.7. The zero-order chi connectivity index (χ0) is 86.1. The maximum absolute atomic E-state index is 14.9. The maximum atomic E-state index is 14.9. The van der Waals surface area contributed by atoms with Crippen LogP contribution in [0.25, 0.3) is 10.9 Å². The lowest BCUT2D eigenvalue weighted by Crippen LogP contribution is -2.62. The molecule has 115 heavy (non-hydrogen) atoms. The van der Waals surface area contributed by atoms with Gasteiger partial charge in [-0.15, -0.1) is 0 Å². The fourth-order valence-electron chi connectivity index (χ4n) is 10.9. The number of imidazole rings is 2. The Kier molecular flexibility index (Phi) is 38.7. The first-order chi connectivity index (χ1) is 54.0. The van der Waals surface area contributed by atoms with E-state index in [0.29, 0.717) is 22.9 Å². The highest BCUT2D eigenvalue weighted by molar-refractivity contribution is 8.76. The molecule has 3 aromatic heterocycles. The predicted molar refractivity (Wildman–Crippen MR) is 408 cm³/mol. The number of aliphatic hydroxyl groups is 1. The van der Waals surface area contributed by atoms with Crippen LogP contribution in [0.4, 0.5) is 13.2 Å². The second-order valence-electron chi connectivity index (χ2n) is 27.3. The number of guanidine groups is 1. The summed E-state index contributed by atoms with van der Waals surface area (Å²) in [6.07, 6.45) is -3.04. The van der Waals surface area contributed by atoms with Gasteiger partial charge in [-0.25, -0.2) is 14.8 Å². The van der Waals surface area contributed by atoms with E-state index in [1.54, 1.807) is 52.0 Å². The van der Waals surface area contributed by atoms with Gasteiger partial charge in [0.05, 0.1) is 37.8 Å². The van der Waals surface area contributed by atoms with E-state index in [0.717, 1.165) is 28.5 Å². The number of fused-ring (bicyclic) bond motifs is 1. The summed E-state index contributed by atoms with van der Waals surface area (Å²) in [6.45, 7) is 9.74. The summed E-state index contributed by atoms with van der Waals surface area (Å²) in [5, 5.41) is 58.5. The Morgan fingerprint density at radius 2 is 1.12 bits per heavy atom. The molecule has 1 saturated heterocycles. The fraction of sp³-hybridized carbons (Fsp3) is 0.544. The summed E-state index contributed by atoms with van der Waals surface area (Å²) in [5.74, 6) is -22.2. The lowest BCUT2D eigenvalue weighted by molar-refractivity contribution is -0.192. The molecule has 4 aromatic rings. The molecule has 4 heterocycles. The summed E-state index contributed by atoms with van der Waals surface area (Å²) in [6, 6.07) is -12.7. The van der Waals surface area contributed by atoms with E-state index < -0.39 is 229 Å². The molecule has 14 atom stereocenters. The van der Waals surface area contributed by atoms with Crippen LogP contribution in [-0.4, -0.2) is 250 Å². The Labute approximate surface area is 663 Å². The molecule has 3 unspecified atom stereocenters. The number of aromatic nitrogens is 5. The van der Waals surface area contributed by atoms with Crippen LogP contribution in [0.2, 0.25) is 0 Å². The van der Waals surface area contributed by atoms with Crippen molar-refractivity contribution in [2.45, 2.75) is 191 Å². The molecule has 1 aromatic carbocycles. The first kappa shape index (κ1) is 95.8. The number of halogens is 3. The highest BCUT2D eigenvalue weighted by atomic mass is 33.1. The van der Waals surface area contributed by atoms with E-state index in [1.807, 2.05) is 0 Å². The Morgan fingerprint density at radius 1 is 0.626 bits per heavy atom. The average Bonchev–Trinajstić information content (AvgIpc) is 1.71. The third kappa shape index (κ3) is 32.4. The van der Waals surface area contributed by atoms with E-state index in [2.05, 4.69) is 93.7 Å². The normalized spacial score (nSPS) is 22.5. The number of amides is 14. The van der Waals surface area contributed by atoms with Gasteiger partial charge >= 0.3 is 18.1 Å². The smallest absolute Gasteiger partial charge is 0.481 e. The maximum Gasteiger partial charge on any atom is 0.490 e. The van der Waals surface area contributed by atoms with Gasteiger partial charge in [-0.3, -0.25) is 76.9 Å². The Morgan fingerprint density at radius 3 is 1.64 bits per heavy atom. The van der Waals surface area contributed by atoms with Crippen LogP contribution in [0.1, 0.15) is 104 Å². The van der Waals surface area contributed by atoms with E-state index >= 15 is 0 Å². The van der Waals surface area contributed by atoms with Crippen molar-refractivity contribution in [3.05, 3.63) is 72.5 Å². The second-order valence-corrected chi connectivity index (χ2v) is 29.9. The van der Waals surface area contributed by atoms with Gasteiger partial charge in [-0.1, -0.05) is 87.8 Å². The number of aliphatic carboxylic acids is 2. The molecule has 1 fully saturated rings. The van der Waals surface area contributed by atoms with Gasteiger partial charge in [0.25, 0.3) is 0 Å². The van der Waals surface area contributed by atoms with Crippen LogP contribution in [-0.2, 0) is 96.0 Å². The van der Waals surface area contributed by atoms with Crippen LogP contribution in [0.15, 0.2) is 60.5 Å². The van der Waals surface area contributed by atoms with Crippen LogP contribution in [0.5, 0.6) is 0 Å². The highest BCUT2D eigenvalue weighted by Crippen LogP contribution is 2.25. The minimum atomic E-state index is -5.08. The average molecular weight is 1660 g/mol. The zero-order valence-electron chi connectivity index (χ0n) is 63.7. The Bertz CT molecular complexity index is 4050. The largest absolute Gasteiger partial charge is 0.490 e. The first-order valence-corrected chi connectivity index (χ1v) is 38.4. The van der Waals surface area contributed by atoms with Crippen molar-refractivity contribution in [3.63, 3.8) is 0 Å². The summed E-state index contributed by atoms with van der Waals surface area (Å²) in [5.41, 5.74) is 30.2. The number of benzene rings is 1. The minimum absolute atomic E-state index is 0.0154. The summed E-state index contributed by atoms with van der Waals surface area (Å²) in [7, 11) is 1.71. The number of rotatable bonds is 25. The van der Waals surface area contributed by atoms with Crippen LogP contribution in [0, 0.1) is 17.8 Å². The number of aromatic amines is 3. The number of nitrogens with one attached hydrogen (secondary N) is 15. The predicted octanol–water partition coefficient (Wildman–Crippen LogP) is -5.54. The van der Waals surface area contributed by atoms with E-state index in [4.69, 9.17) is 38.6 Å². The molecule has 47 heteroatoms. The van der Waals surface area contributed by atoms with Gasteiger partial charge in [0, 0.05) is 84.6 Å². The van der Waals surface area contributed by atoms with Gasteiger partial charge < -0.3 is 123 Å². The van der Waals surface area contributed by atoms with Gasteiger partial charge in [-0.05, 0) is 55.6 Å². The number of hydrogen-bond donors (Lipinski definition) is 23. The third-order valence-corrected chi connectivity index (χ3v) is 19.9. The number of carbonyl (C=O) groups excluding carboxylic acids is 14. The van der Waals surface area contributed by atoms with E-state index in [9.17, 15) is 95.3 Å². The van der Waals surface area contributed by atoms with Gasteiger partial charge in [-0.2, -0.15) is 13.2 Å². The van der Waals surface area contributed by atoms with Gasteiger partial charge in [0.1, 0.15) is 66.5 Å². The first-order valence-electron chi connectivity index (χ1n) is 35.9. The molecule has 42 nitrogen and oxygen atoms in total. The number of carbonyl (C=O) groups is 16. The molecule has 0 spiro atoms. The summed E-state index contributed by atoms with van der Waals surface area (Å²) >= 11 is 0. The van der Waals surface area contributed by atoms with Crippen molar-refractivity contribution in [1.29, 1.82) is 0 Å². The zero-order valence-corrected chi connectivity index (χ0v) is 65.3. The minimum Gasteiger partial charge on any atom is -0.481 e. The van der Waals surface area contributed by atoms with Crippen LogP contribution in [0.3, 0.4) is 0 Å². The van der Waals surface area contributed by atoms with Gasteiger partial charge in [0.15, 0.2) is 5.96 Å². The quantitative estimate of drug-likeness (QED) is 0.0127. The lowest BCUT2D eigenvalue weighted by Gasteiger charge is -2.30. The third-order valence-electron chi connectivity index (χ3n) is 17.5. The van der Waals surface area contributed by atoms with E-state index in [-0.39, 0.29) is 61.7 Å². The lowest BCUT2D eigenvalue weighted by atomic mass is 9.98. The van der Waals surface area contributed by atoms with Crippen molar-refractivity contribution in [2.75, 3.05) is 24.6 Å². The standard InChI is InChI=1S/C66H99N23O17S2.C2HF3O2/c1-8-32(6)50(68)63(104)86-46-27-108-107-26-45(62(103)89-53(33(7)90)54(69)95)85-56(97)39(14-11-17-74-66(70)71)80-59(100)43(20-36-24-73-29-78-36)83-58(99)42(19-35-23-72-28-77-35)79-48(92)25-76-55(96)41(18-34-22-75-38-13-10-9-12-37(34)38)82-60(101)44(21-49(93)94)84-57(98)40(15-16-47(67)91)81-64(105)51(30(2)3)88-65(106)52(31(4)5)87-61(46)102;3-2(4,5)1(6)7/h9-10,12-13,22-24,28-33,39-46,50-53,75,90H,8,11,14-21,25-27,68H2,1-7H3,(H2,67,91)(H2,69,95)(H,72,77)(H,73,78)(H,76,96)(H,79,92)(H,80,100)(H,81,105)(H,82,101)(H,83,99)(H,84,98)(H,85,97)(H,86,104)(H,87,102)(H,88,106)(H,89,103)(H,93,94)(H4,70,71,74);(H,6,7)/t32-,33+,39-,40-,41-,42-,43?,44-,45-,46?,50-,51?,52-,53+;/m0./s1. The Balaban J connectivity index is 0.00000379.